The number of carbonyl (C=O) groups excluding carboxylic acids is 2. The number of hydrazine groups is 1. The van der Waals surface area contributed by atoms with Crippen molar-refractivity contribution in [3.63, 3.8) is 0 Å². The minimum atomic E-state index is -0.541. The van der Waals surface area contributed by atoms with Crippen molar-refractivity contribution in [2.75, 3.05) is 6.61 Å². The molecule has 1 aromatic carbocycles. The van der Waals surface area contributed by atoms with Gasteiger partial charge in [0.15, 0.2) is 6.61 Å². The Morgan fingerprint density at radius 2 is 2.00 bits per heavy atom. The van der Waals surface area contributed by atoms with E-state index in [-0.39, 0.29) is 6.61 Å². The number of nitrogens with one attached hydrogen (secondary N) is 2. The van der Waals surface area contributed by atoms with Crippen LogP contribution >= 0.6 is 23.2 Å². The molecule has 1 aromatic heterocycles. The van der Waals surface area contributed by atoms with Crippen LogP contribution in [0.3, 0.4) is 0 Å². The average Bonchev–Trinajstić information content (AvgIpc) is 2.90. The van der Waals surface area contributed by atoms with Gasteiger partial charge in [-0.2, -0.15) is 0 Å². The van der Waals surface area contributed by atoms with E-state index in [0.717, 1.165) is 0 Å². The summed E-state index contributed by atoms with van der Waals surface area (Å²) in [6.45, 7) is 1.33. The molecule has 0 aliphatic rings. The third kappa shape index (κ3) is 4.16. The van der Waals surface area contributed by atoms with Crippen molar-refractivity contribution in [1.82, 2.24) is 10.9 Å². The molecule has 2 rings (SSSR count). The van der Waals surface area contributed by atoms with Crippen molar-refractivity contribution >= 4 is 35.0 Å². The first-order valence-electron chi connectivity index (χ1n) is 6.18. The van der Waals surface area contributed by atoms with E-state index in [1.54, 1.807) is 19.1 Å². The maximum Gasteiger partial charge on any atom is 0.276 e. The van der Waals surface area contributed by atoms with Crippen LogP contribution in [0.5, 0.6) is 5.75 Å². The molecule has 2 aromatic rings. The molecular formula is C14H12Cl2N2O4. The van der Waals surface area contributed by atoms with Gasteiger partial charge in [0, 0.05) is 5.02 Å². The van der Waals surface area contributed by atoms with Crippen LogP contribution in [0, 0.1) is 6.92 Å². The summed E-state index contributed by atoms with van der Waals surface area (Å²) in [5.41, 5.74) is 4.81. The Morgan fingerprint density at radius 1 is 1.23 bits per heavy atom. The van der Waals surface area contributed by atoms with Crippen molar-refractivity contribution in [2.24, 2.45) is 0 Å². The van der Waals surface area contributed by atoms with Crippen LogP contribution in [0.25, 0.3) is 0 Å². The summed E-state index contributed by atoms with van der Waals surface area (Å²) in [7, 11) is 0. The lowest BCUT2D eigenvalue weighted by atomic mass is 10.2. The number of aryl methyl sites for hydroxylation is 1. The SMILES string of the molecule is Cc1occc1C(=O)NNC(=O)COc1ccc(Cl)cc1Cl. The van der Waals surface area contributed by atoms with Gasteiger partial charge >= 0.3 is 0 Å². The summed E-state index contributed by atoms with van der Waals surface area (Å²) in [5.74, 6) is -0.251. The number of carbonyl (C=O) groups is 2. The predicted octanol–water partition coefficient (Wildman–Crippen LogP) is 2.73. The lowest BCUT2D eigenvalue weighted by Crippen LogP contribution is -2.43. The van der Waals surface area contributed by atoms with E-state index in [0.29, 0.717) is 27.1 Å². The van der Waals surface area contributed by atoms with Crippen molar-refractivity contribution in [3.8, 4) is 5.75 Å². The standard InChI is InChI=1S/C14H12Cl2N2O4/c1-8-10(4-5-21-8)14(20)18-17-13(19)7-22-12-3-2-9(15)6-11(12)16/h2-6H,7H2,1H3,(H,17,19)(H,18,20). The molecule has 0 saturated carbocycles. The normalized spacial score (nSPS) is 10.1. The van der Waals surface area contributed by atoms with E-state index in [2.05, 4.69) is 10.9 Å². The van der Waals surface area contributed by atoms with Gasteiger partial charge < -0.3 is 9.15 Å². The lowest BCUT2D eigenvalue weighted by molar-refractivity contribution is -0.123. The first-order chi connectivity index (χ1) is 10.5. The lowest BCUT2D eigenvalue weighted by Gasteiger charge is -2.09. The highest BCUT2D eigenvalue weighted by molar-refractivity contribution is 6.35. The monoisotopic (exact) mass is 342 g/mol. The van der Waals surface area contributed by atoms with Gasteiger partial charge in [-0.3, -0.25) is 20.4 Å². The highest BCUT2D eigenvalue weighted by atomic mass is 35.5. The zero-order chi connectivity index (χ0) is 16.1. The molecular weight excluding hydrogens is 331 g/mol. The van der Waals surface area contributed by atoms with E-state index >= 15 is 0 Å². The molecule has 0 saturated heterocycles. The number of benzene rings is 1. The summed E-state index contributed by atoms with van der Waals surface area (Å²) in [4.78, 5) is 23.3. The highest BCUT2D eigenvalue weighted by Crippen LogP contribution is 2.27. The Bertz CT molecular complexity index is 700. The molecule has 8 heteroatoms. The highest BCUT2D eigenvalue weighted by Gasteiger charge is 2.12. The first-order valence-corrected chi connectivity index (χ1v) is 6.94. The van der Waals surface area contributed by atoms with Crippen molar-refractivity contribution in [1.29, 1.82) is 0 Å². The molecule has 0 aliphatic carbocycles. The van der Waals surface area contributed by atoms with Gasteiger partial charge in [0.1, 0.15) is 11.5 Å². The fraction of sp³-hybridized carbons (Fsp3) is 0.143. The van der Waals surface area contributed by atoms with E-state index in [9.17, 15) is 9.59 Å². The van der Waals surface area contributed by atoms with Gasteiger partial charge in [-0.05, 0) is 31.2 Å². The Hall–Kier alpha value is -2.18. The second-order valence-electron chi connectivity index (χ2n) is 4.26. The summed E-state index contributed by atoms with van der Waals surface area (Å²) >= 11 is 11.7. The number of ether oxygens (including phenoxy) is 1. The van der Waals surface area contributed by atoms with Crippen LogP contribution in [0.2, 0.25) is 10.0 Å². The van der Waals surface area contributed by atoms with Gasteiger partial charge in [0.2, 0.25) is 0 Å². The Morgan fingerprint density at radius 3 is 2.64 bits per heavy atom. The van der Waals surface area contributed by atoms with E-state index in [1.165, 1.54) is 18.4 Å². The van der Waals surface area contributed by atoms with Crippen LogP contribution < -0.4 is 15.6 Å². The topological polar surface area (TPSA) is 80.6 Å². The molecule has 2 N–H and O–H groups in total. The molecule has 0 unspecified atom stereocenters. The molecule has 0 bridgehead atoms. The molecule has 0 atom stereocenters. The molecule has 0 fully saturated rings. The summed E-state index contributed by atoms with van der Waals surface area (Å²) in [5, 5.41) is 0.753. The smallest absolute Gasteiger partial charge is 0.276 e. The number of hydrogen-bond donors (Lipinski definition) is 2. The number of rotatable bonds is 4. The number of furan rings is 1. The van der Waals surface area contributed by atoms with E-state index in [4.69, 9.17) is 32.4 Å². The molecule has 2 amide bonds. The summed E-state index contributed by atoms with van der Waals surface area (Å²) < 4.78 is 10.2. The fourth-order valence-corrected chi connectivity index (χ4v) is 2.05. The quantitative estimate of drug-likeness (QED) is 0.837. The fourth-order valence-electron chi connectivity index (χ4n) is 1.59. The van der Waals surface area contributed by atoms with Crippen LogP contribution in [0.1, 0.15) is 16.1 Å². The Balaban J connectivity index is 1.81. The molecule has 0 radical (unpaired) electrons. The number of amides is 2. The maximum atomic E-state index is 11.7. The largest absolute Gasteiger partial charge is 0.482 e. The van der Waals surface area contributed by atoms with Crippen molar-refractivity contribution in [3.05, 3.63) is 51.9 Å². The van der Waals surface area contributed by atoms with E-state index < -0.39 is 11.8 Å². The van der Waals surface area contributed by atoms with Crippen molar-refractivity contribution in [2.45, 2.75) is 6.92 Å². The Kier molecular flexibility index (Phi) is 5.30. The van der Waals surface area contributed by atoms with Crippen LogP contribution in [0.15, 0.2) is 34.9 Å². The van der Waals surface area contributed by atoms with Crippen LogP contribution in [-0.4, -0.2) is 18.4 Å². The molecule has 116 valence electrons. The van der Waals surface area contributed by atoms with Gasteiger partial charge in [0.05, 0.1) is 16.8 Å². The number of hydrogen-bond acceptors (Lipinski definition) is 4. The zero-order valence-electron chi connectivity index (χ0n) is 11.5. The molecule has 22 heavy (non-hydrogen) atoms. The molecule has 1 heterocycles. The average molecular weight is 343 g/mol. The molecule has 0 spiro atoms. The number of halogens is 2. The van der Waals surface area contributed by atoms with Gasteiger partial charge in [-0.1, -0.05) is 23.2 Å². The molecule has 6 nitrogen and oxygen atoms in total. The predicted molar refractivity (Wildman–Crippen MR) is 81.0 cm³/mol. The zero-order valence-corrected chi connectivity index (χ0v) is 13.0. The summed E-state index contributed by atoms with van der Waals surface area (Å²) in [6.07, 6.45) is 1.39. The van der Waals surface area contributed by atoms with Gasteiger partial charge in [0.25, 0.3) is 11.8 Å². The minimum Gasteiger partial charge on any atom is -0.482 e. The Labute approximate surface area is 136 Å². The van der Waals surface area contributed by atoms with Crippen LogP contribution in [0.4, 0.5) is 0 Å². The summed E-state index contributed by atoms with van der Waals surface area (Å²) in [6, 6.07) is 6.14. The van der Waals surface area contributed by atoms with Crippen molar-refractivity contribution < 1.29 is 18.7 Å². The third-order valence-electron chi connectivity index (χ3n) is 2.67. The van der Waals surface area contributed by atoms with E-state index in [1.807, 2.05) is 0 Å². The second kappa shape index (κ2) is 7.20. The second-order valence-corrected chi connectivity index (χ2v) is 5.10. The first kappa shape index (κ1) is 16.2. The van der Waals surface area contributed by atoms with Crippen LogP contribution in [-0.2, 0) is 4.79 Å². The minimum absolute atomic E-state index is 0.290. The third-order valence-corrected chi connectivity index (χ3v) is 3.20. The maximum absolute atomic E-state index is 11.7. The van der Waals surface area contributed by atoms with Gasteiger partial charge in [-0.25, -0.2) is 0 Å². The molecule has 0 aliphatic heterocycles. The van der Waals surface area contributed by atoms with Gasteiger partial charge in [-0.15, -0.1) is 0 Å².